The molecule has 4 nitrogen and oxygen atoms in total. The van der Waals surface area contributed by atoms with Crippen molar-refractivity contribution in [1.29, 1.82) is 0 Å². The summed E-state index contributed by atoms with van der Waals surface area (Å²) in [6.07, 6.45) is 3.71. The van der Waals surface area contributed by atoms with Gasteiger partial charge in [-0.05, 0) is 25.5 Å². The van der Waals surface area contributed by atoms with Gasteiger partial charge in [0.1, 0.15) is 6.61 Å². The summed E-state index contributed by atoms with van der Waals surface area (Å²) in [6, 6.07) is 3.62. The van der Waals surface area contributed by atoms with Gasteiger partial charge in [-0.1, -0.05) is 31.4 Å². The largest absolute Gasteiger partial charge is 0.493 e. The maximum atomic E-state index is 10.4. The van der Waals surface area contributed by atoms with Crippen molar-refractivity contribution in [2.24, 2.45) is 0 Å². The van der Waals surface area contributed by atoms with Crippen LogP contribution in [0.5, 0.6) is 11.5 Å². The highest BCUT2D eigenvalue weighted by atomic mass is 35.5. The first-order valence-electron chi connectivity index (χ1n) is 7.50. The Morgan fingerprint density at radius 1 is 1.33 bits per heavy atom. The molecule has 0 heterocycles. The number of hydrogen-bond donors (Lipinski definition) is 2. The average molecular weight is 314 g/mol. The summed E-state index contributed by atoms with van der Waals surface area (Å²) in [7, 11) is 1.60. The molecule has 0 amide bonds. The number of ether oxygens (including phenoxy) is 2. The molecular weight excluding hydrogens is 290 g/mol. The SMILES string of the molecule is CCNCc1cc(Cl)cc(OC)c1OCC1(O)CCCC1. The first-order valence-corrected chi connectivity index (χ1v) is 7.88. The first-order chi connectivity index (χ1) is 10.1. The van der Waals surface area contributed by atoms with Gasteiger partial charge in [-0.25, -0.2) is 0 Å². The fourth-order valence-corrected chi connectivity index (χ4v) is 2.94. The number of rotatable bonds is 7. The number of benzene rings is 1. The zero-order chi connectivity index (χ0) is 15.3. The van der Waals surface area contributed by atoms with Crippen molar-refractivity contribution in [1.82, 2.24) is 5.32 Å². The lowest BCUT2D eigenvalue weighted by Crippen LogP contribution is -2.32. The van der Waals surface area contributed by atoms with Crippen LogP contribution in [0.3, 0.4) is 0 Å². The molecule has 1 aliphatic rings. The topological polar surface area (TPSA) is 50.7 Å². The van der Waals surface area contributed by atoms with E-state index in [9.17, 15) is 5.11 Å². The summed E-state index contributed by atoms with van der Waals surface area (Å²) in [5.41, 5.74) is 0.239. The highest BCUT2D eigenvalue weighted by molar-refractivity contribution is 6.30. The van der Waals surface area contributed by atoms with Crippen molar-refractivity contribution in [3.63, 3.8) is 0 Å². The van der Waals surface area contributed by atoms with Gasteiger partial charge < -0.3 is 19.9 Å². The molecule has 21 heavy (non-hydrogen) atoms. The number of nitrogens with one attached hydrogen (secondary N) is 1. The van der Waals surface area contributed by atoms with E-state index >= 15 is 0 Å². The monoisotopic (exact) mass is 313 g/mol. The molecule has 0 unspecified atom stereocenters. The van der Waals surface area contributed by atoms with E-state index in [-0.39, 0.29) is 0 Å². The van der Waals surface area contributed by atoms with Crippen LogP contribution in [0, 0.1) is 0 Å². The van der Waals surface area contributed by atoms with E-state index in [1.807, 2.05) is 13.0 Å². The quantitative estimate of drug-likeness (QED) is 0.812. The van der Waals surface area contributed by atoms with E-state index in [1.54, 1.807) is 13.2 Å². The molecular formula is C16H24ClNO3. The third kappa shape index (κ3) is 4.25. The van der Waals surface area contributed by atoms with Crippen LogP contribution in [0.2, 0.25) is 5.02 Å². The van der Waals surface area contributed by atoms with E-state index in [1.165, 1.54) is 0 Å². The first kappa shape index (κ1) is 16.4. The van der Waals surface area contributed by atoms with E-state index in [0.29, 0.717) is 29.7 Å². The van der Waals surface area contributed by atoms with Crippen molar-refractivity contribution in [2.75, 3.05) is 20.3 Å². The van der Waals surface area contributed by atoms with Gasteiger partial charge in [-0.3, -0.25) is 0 Å². The number of halogens is 1. The Kier molecular flexibility index (Phi) is 5.73. The normalized spacial score (nSPS) is 17.0. The lowest BCUT2D eigenvalue weighted by Gasteiger charge is -2.24. The third-order valence-electron chi connectivity index (χ3n) is 3.90. The van der Waals surface area contributed by atoms with E-state index in [2.05, 4.69) is 5.32 Å². The number of hydrogen-bond acceptors (Lipinski definition) is 4. The van der Waals surface area contributed by atoms with Gasteiger partial charge in [0.05, 0.1) is 12.7 Å². The molecule has 1 saturated carbocycles. The molecule has 2 rings (SSSR count). The Bertz CT molecular complexity index is 473. The number of aliphatic hydroxyl groups is 1. The van der Waals surface area contributed by atoms with Gasteiger partial charge in [0.15, 0.2) is 11.5 Å². The van der Waals surface area contributed by atoms with Gasteiger partial charge >= 0.3 is 0 Å². The van der Waals surface area contributed by atoms with Gasteiger partial charge in [0.25, 0.3) is 0 Å². The minimum Gasteiger partial charge on any atom is -0.493 e. The minimum atomic E-state index is -0.708. The average Bonchev–Trinajstić information content (AvgIpc) is 2.90. The highest BCUT2D eigenvalue weighted by Crippen LogP contribution is 2.37. The van der Waals surface area contributed by atoms with Crippen molar-refractivity contribution in [2.45, 2.75) is 44.8 Å². The minimum absolute atomic E-state index is 0.296. The van der Waals surface area contributed by atoms with Crippen LogP contribution in [-0.4, -0.2) is 31.0 Å². The molecule has 0 atom stereocenters. The molecule has 1 fully saturated rings. The van der Waals surface area contributed by atoms with Crippen LogP contribution < -0.4 is 14.8 Å². The van der Waals surface area contributed by atoms with Gasteiger partial charge in [-0.2, -0.15) is 0 Å². The zero-order valence-corrected chi connectivity index (χ0v) is 13.5. The summed E-state index contributed by atoms with van der Waals surface area (Å²) < 4.78 is 11.3. The van der Waals surface area contributed by atoms with E-state index < -0.39 is 5.60 Å². The van der Waals surface area contributed by atoms with Gasteiger partial charge in [0, 0.05) is 23.2 Å². The summed E-state index contributed by atoms with van der Waals surface area (Å²) in [6.45, 7) is 3.85. The molecule has 0 saturated heterocycles. The van der Waals surface area contributed by atoms with Crippen LogP contribution >= 0.6 is 11.6 Å². The lowest BCUT2D eigenvalue weighted by atomic mass is 10.0. The molecule has 5 heteroatoms. The Hall–Kier alpha value is -0.970. The Balaban J connectivity index is 2.18. The van der Waals surface area contributed by atoms with Crippen LogP contribution in [0.25, 0.3) is 0 Å². The molecule has 118 valence electrons. The fraction of sp³-hybridized carbons (Fsp3) is 0.625. The maximum absolute atomic E-state index is 10.4. The molecule has 1 aromatic rings. The molecule has 0 radical (unpaired) electrons. The van der Waals surface area contributed by atoms with E-state index in [0.717, 1.165) is 37.8 Å². The van der Waals surface area contributed by atoms with Crippen molar-refractivity contribution in [3.05, 3.63) is 22.7 Å². The summed E-state index contributed by atoms with van der Waals surface area (Å²) in [5, 5.41) is 14.3. The Labute approximate surface area is 131 Å². The van der Waals surface area contributed by atoms with Crippen molar-refractivity contribution >= 4 is 11.6 Å². The molecule has 1 aliphatic carbocycles. The van der Waals surface area contributed by atoms with E-state index in [4.69, 9.17) is 21.1 Å². The second-order valence-electron chi connectivity index (χ2n) is 5.60. The third-order valence-corrected chi connectivity index (χ3v) is 4.12. The van der Waals surface area contributed by atoms with Crippen LogP contribution in [0.1, 0.15) is 38.2 Å². The van der Waals surface area contributed by atoms with Gasteiger partial charge in [-0.15, -0.1) is 0 Å². The Morgan fingerprint density at radius 3 is 2.67 bits per heavy atom. The summed E-state index contributed by atoms with van der Waals surface area (Å²) >= 11 is 6.12. The Morgan fingerprint density at radius 2 is 2.05 bits per heavy atom. The van der Waals surface area contributed by atoms with Crippen molar-refractivity contribution in [3.8, 4) is 11.5 Å². The fourth-order valence-electron chi connectivity index (χ4n) is 2.71. The molecule has 0 aliphatic heterocycles. The number of methoxy groups -OCH3 is 1. The molecule has 1 aromatic carbocycles. The van der Waals surface area contributed by atoms with Crippen LogP contribution in [-0.2, 0) is 6.54 Å². The summed E-state index contributed by atoms with van der Waals surface area (Å²) in [4.78, 5) is 0. The van der Waals surface area contributed by atoms with Crippen LogP contribution in [0.4, 0.5) is 0 Å². The second-order valence-corrected chi connectivity index (χ2v) is 6.03. The molecule has 2 N–H and O–H groups in total. The van der Waals surface area contributed by atoms with Crippen LogP contribution in [0.15, 0.2) is 12.1 Å². The smallest absolute Gasteiger partial charge is 0.165 e. The molecule has 0 bridgehead atoms. The molecule has 0 aromatic heterocycles. The predicted molar refractivity (Wildman–Crippen MR) is 84.3 cm³/mol. The standard InChI is InChI=1S/C16H24ClNO3/c1-3-18-10-12-8-13(17)9-14(20-2)15(12)21-11-16(19)6-4-5-7-16/h8-9,18-19H,3-7,10-11H2,1-2H3. The second kappa shape index (κ2) is 7.34. The highest BCUT2D eigenvalue weighted by Gasteiger charge is 2.32. The predicted octanol–water partition coefficient (Wildman–Crippen LogP) is 3.14. The van der Waals surface area contributed by atoms with Crippen molar-refractivity contribution < 1.29 is 14.6 Å². The lowest BCUT2D eigenvalue weighted by molar-refractivity contribution is 0.000428. The summed E-state index contributed by atoms with van der Waals surface area (Å²) in [5.74, 6) is 1.28. The maximum Gasteiger partial charge on any atom is 0.165 e. The molecule has 0 spiro atoms. The van der Waals surface area contributed by atoms with Gasteiger partial charge in [0.2, 0.25) is 0 Å². The zero-order valence-electron chi connectivity index (χ0n) is 12.7.